The summed E-state index contributed by atoms with van der Waals surface area (Å²) in [6.07, 6.45) is 10.7. The molecule has 0 bridgehead atoms. The number of pyridine rings is 1. The van der Waals surface area contributed by atoms with E-state index < -0.39 is 0 Å². The lowest BCUT2D eigenvalue weighted by molar-refractivity contribution is 0.247. The summed E-state index contributed by atoms with van der Waals surface area (Å²) in [4.78, 5) is 10.2. The molecule has 0 aliphatic heterocycles. The average molecular weight is 448 g/mol. The summed E-state index contributed by atoms with van der Waals surface area (Å²) in [7, 11) is 0. The molecule has 4 aromatic rings. The van der Waals surface area contributed by atoms with E-state index in [-0.39, 0.29) is 0 Å². The van der Waals surface area contributed by atoms with Gasteiger partial charge in [0.05, 0.1) is 0 Å². The fourth-order valence-electron chi connectivity index (χ4n) is 4.27. The lowest BCUT2D eigenvalue weighted by Gasteiger charge is -2.31. The highest BCUT2D eigenvalue weighted by molar-refractivity contribution is 7.98. The molecule has 0 amide bonds. The molecule has 2 atom stereocenters. The van der Waals surface area contributed by atoms with Crippen LogP contribution in [0.3, 0.4) is 0 Å². The molecule has 1 aromatic carbocycles. The number of thioether (sulfide) groups is 1. The Kier molecular flexibility index (Phi) is 6.13. The van der Waals surface area contributed by atoms with E-state index >= 15 is 0 Å². The van der Waals surface area contributed by atoms with Crippen molar-refractivity contribution in [3.8, 4) is 22.0 Å². The fraction of sp³-hybridized carbons (Fsp3) is 0.333. The van der Waals surface area contributed by atoms with Gasteiger partial charge >= 0.3 is 0 Å². The maximum Gasteiger partial charge on any atom is 0.192 e. The molecule has 31 heavy (non-hydrogen) atoms. The van der Waals surface area contributed by atoms with Gasteiger partial charge in [-0.1, -0.05) is 61.9 Å². The largest absolute Gasteiger partial charge is 0.299 e. The molecule has 5 rings (SSSR count). The zero-order valence-corrected chi connectivity index (χ0v) is 19.1. The second kappa shape index (κ2) is 9.32. The van der Waals surface area contributed by atoms with Gasteiger partial charge in [-0.2, -0.15) is 0 Å². The Balaban J connectivity index is 1.41. The van der Waals surface area contributed by atoms with Crippen LogP contribution in [0.1, 0.15) is 43.5 Å². The van der Waals surface area contributed by atoms with E-state index in [0.717, 1.165) is 27.3 Å². The first-order valence-corrected chi connectivity index (χ1v) is 12.6. The minimum Gasteiger partial charge on any atom is -0.299 e. The van der Waals surface area contributed by atoms with Crippen LogP contribution in [0.2, 0.25) is 0 Å². The topological polar surface area (TPSA) is 56.5 Å². The molecule has 1 saturated carbocycles. The Labute approximate surface area is 191 Å². The van der Waals surface area contributed by atoms with E-state index in [1.54, 1.807) is 29.3 Å². The first-order chi connectivity index (χ1) is 15.3. The minimum absolute atomic E-state index is 0.433. The third-order valence-electron chi connectivity index (χ3n) is 5.90. The zero-order valence-electron chi connectivity index (χ0n) is 17.5. The van der Waals surface area contributed by atoms with E-state index in [9.17, 15) is 0 Å². The highest BCUT2D eigenvalue weighted by Gasteiger charge is 2.28. The van der Waals surface area contributed by atoms with Crippen LogP contribution in [0.15, 0.2) is 66.2 Å². The quantitative estimate of drug-likeness (QED) is 0.315. The smallest absolute Gasteiger partial charge is 0.192 e. The number of aromatic nitrogens is 5. The Morgan fingerprint density at radius 1 is 1.00 bits per heavy atom. The van der Waals surface area contributed by atoms with Gasteiger partial charge in [0.2, 0.25) is 0 Å². The van der Waals surface area contributed by atoms with Crippen molar-refractivity contribution >= 4 is 23.1 Å². The van der Waals surface area contributed by atoms with Crippen molar-refractivity contribution in [3.05, 3.63) is 65.9 Å². The maximum absolute atomic E-state index is 4.63. The van der Waals surface area contributed by atoms with E-state index in [1.807, 2.05) is 24.5 Å². The predicted octanol–water partition coefficient (Wildman–Crippen LogP) is 6.51. The molecule has 1 fully saturated rings. The Morgan fingerprint density at radius 3 is 2.65 bits per heavy atom. The van der Waals surface area contributed by atoms with Crippen molar-refractivity contribution in [2.45, 2.75) is 49.6 Å². The van der Waals surface area contributed by atoms with Crippen molar-refractivity contribution in [3.63, 3.8) is 0 Å². The van der Waals surface area contributed by atoms with E-state index in [0.29, 0.717) is 12.0 Å². The van der Waals surface area contributed by atoms with Gasteiger partial charge < -0.3 is 0 Å². The molecule has 3 heterocycles. The second-order valence-electron chi connectivity index (χ2n) is 8.03. The molecular formula is C24H25N5S2. The van der Waals surface area contributed by atoms with Crippen molar-refractivity contribution in [2.75, 3.05) is 0 Å². The standard InChI is InChI=1S/C24H25N5S2/c1-17-8-5-6-12-21(17)29-22(19-11-7-13-25-14-19)27-28-24(29)30-16-20-15-26-23(31-20)18-9-3-2-4-10-18/h2-4,7,9-11,13-15,17,21H,5-6,8,12,16H2,1H3. The molecule has 5 nitrogen and oxygen atoms in total. The van der Waals surface area contributed by atoms with Crippen molar-refractivity contribution in [1.29, 1.82) is 0 Å². The van der Waals surface area contributed by atoms with Crippen LogP contribution >= 0.6 is 23.1 Å². The molecule has 0 saturated heterocycles. The number of thiazole rings is 1. The summed E-state index contributed by atoms with van der Waals surface area (Å²) < 4.78 is 2.38. The molecule has 0 N–H and O–H groups in total. The van der Waals surface area contributed by atoms with Gasteiger partial charge in [-0.15, -0.1) is 21.5 Å². The van der Waals surface area contributed by atoms with Crippen LogP contribution in [0.25, 0.3) is 22.0 Å². The third-order valence-corrected chi connectivity index (χ3v) is 8.12. The molecular weight excluding hydrogens is 422 g/mol. The SMILES string of the molecule is CC1CCCCC1n1c(SCc2cnc(-c3ccccc3)s2)nnc1-c1cccnc1. The molecule has 0 radical (unpaired) electrons. The van der Waals surface area contributed by atoms with Crippen LogP contribution in [0, 0.1) is 5.92 Å². The monoisotopic (exact) mass is 447 g/mol. The normalized spacial score (nSPS) is 18.9. The van der Waals surface area contributed by atoms with Crippen LogP contribution in [-0.2, 0) is 5.75 Å². The summed E-state index contributed by atoms with van der Waals surface area (Å²) in [5.74, 6) is 2.40. The highest BCUT2D eigenvalue weighted by atomic mass is 32.2. The number of nitrogens with zero attached hydrogens (tertiary/aromatic N) is 5. The van der Waals surface area contributed by atoms with Gasteiger partial charge in [-0.05, 0) is 30.9 Å². The molecule has 158 valence electrons. The summed E-state index contributed by atoms with van der Waals surface area (Å²) in [6.45, 7) is 2.36. The first kappa shape index (κ1) is 20.4. The van der Waals surface area contributed by atoms with Crippen LogP contribution in [-0.4, -0.2) is 24.7 Å². The Bertz CT molecular complexity index is 1120. The number of benzene rings is 1. The fourth-order valence-corrected chi connectivity index (χ4v) is 6.20. The Morgan fingerprint density at radius 2 is 1.84 bits per heavy atom. The van der Waals surface area contributed by atoms with E-state index in [1.165, 1.54) is 36.1 Å². The highest BCUT2D eigenvalue weighted by Crippen LogP contribution is 2.39. The second-order valence-corrected chi connectivity index (χ2v) is 10.1. The molecule has 7 heteroatoms. The summed E-state index contributed by atoms with van der Waals surface area (Å²) in [6, 6.07) is 14.8. The Hall–Kier alpha value is -2.51. The molecule has 3 aromatic heterocycles. The van der Waals surface area contributed by atoms with Crippen molar-refractivity contribution in [1.82, 2.24) is 24.7 Å². The molecule has 2 unspecified atom stereocenters. The van der Waals surface area contributed by atoms with Crippen LogP contribution in [0.5, 0.6) is 0 Å². The van der Waals surface area contributed by atoms with Crippen molar-refractivity contribution in [2.24, 2.45) is 5.92 Å². The minimum atomic E-state index is 0.433. The van der Waals surface area contributed by atoms with Crippen LogP contribution < -0.4 is 0 Å². The number of hydrogen-bond acceptors (Lipinski definition) is 6. The molecule has 0 spiro atoms. The van der Waals surface area contributed by atoms with E-state index in [4.69, 9.17) is 0 Å². The molecule has 1 aliphatic rings. The lowest BCUT2D eigenvalue weighted by Crippen LogP contribution is -2.22. The van der Waals surface area contributed by atoms with Crippen LogP contribution in [0.4, 0.5) is 0 Å². The van der Waals surface area contributed by atoms with Gasteiger partial charge in [0, 0.05) is 46.4 Å². The van der Waals surface area contributed by atoms with Gasteiger partial charge in [-0.3, -0.25) is 9.55 Å². The van der Waals surface area contributed by atoms with Gasteiger partial charge in [-0.25, -0.2) is 4.98 Å². The zero-order chi connectivity index (χ0) is 21.0. The van der Waals surface area contributed by atoms with Gasteiger partial charge in [0.15, 0.2) is 11.0 Å². The predicted molar refractivity (Wildman–Crippen MR) is 127 cm³/mol. The number of rotatable bonds is 6. The summed E-state index contributed by atoms with van der Waals surface area (Å²) >= 11 is 3.51. The third kappa shape index (κ3) is 4.43. The average Bonchev–Trinajstić information content (AvgIpc) is 3.46. The molecule has 1 aliphatic carbocycles. The number of hydrogen-bond donors (Lipinski definition) is 0. The maximum atomic E-state index is 4.63. The summed E-state index contributed by atoms with van der Waals surface area (Å²) in [5.41, 5.74) is 2.20. The first-order valence-electron chi connectivity index (χ1n) is 10.8. The van der Waals surface area contributed by atoms with Crippen molar-refractivity contribution < 1.29 is 0 Å². The lowest BCUT2D eigenvalue weighted by atomic mass is 9.85. The van der Waals surface area contributed by atoms with Gasteiger partial charge in [0.1, 0.15) is 5.01 Å². The van der Waals surface area contributed by atoms with E-state index in [2.05, 4.69) is 62.0 Å². The summed E-state index contributed by atoms with van der Waals surface area (Å²) in [5, 5.41) is 11.3. The van der Waals surface area contributed by atoms with Gasteiger partial charge in [0.25, 0.3) is 0 Å².